The van der Waals surface area contributed by atoms with Crippen LogP contribution in [0.5, 0.6) is 23.0 Å². The van der Waals surface area contributed by atoms with E-state index in [0.717, 1.165) is 15.2 Å². The Balaban J connectivity index is 1.61. The number of phenolic OH excluding ortho intramolecular Hbond substituents is 1. The summed E-state index contributed by atoms with van der Waals surface area (Å²) < 4.78 is 16.5. The first-order chi connectivity index (χ1) is 14.0. The Labute approximate surface area is 176 Å². The number of ether oxygens (including phenoxy) is 3. The van der Waals surface area contributed by atoms with Crippen molar-refractivity contribution in [2.75, 3.05) is 20.8 Å². The van der Waals surface area contributed by atoms with E-state index >= 15 is 0 Å². The fourth-order valence-corrected chi connectivity index (χ4v) is 3.28. The van der Waals surface area contributed by atoms with Gasteiger partial charge in [-0.2, -0.15) is 5.10 Å². The number of phenols is 1. The average molecular weight is 459 g/mol. The number of carbonyl (C=O) groups excluding carboxylic acids is 1. The molecule has 2 N–H and O–H groups in total. The number of aromatic hydroxyl groups is 1. The summed E-state index contributed by atoms with van der Waals surface area (Å²) in [6.45, 7) is -0.198. The van der Waals surface area contributed by atoms with Gasteiger partial charge in [0.1, 0.15) is 5.75 Å². The standard InChI is InChI=1S/C21H19BrN2O5/c1-27-17-9-13(10-18(28-2)21(17)26)11-23-24-19(25)12-29-16-8-7-14-5-3-4-6-15(14)20(16)22/h3-11,26H,12H2,1-2H3,(H,24,25)/b23-11+. The van der Waals surface area contributed by atoms with E-state index in [9.17, 15) is 9.90 Å². The van der Waals surface area contributed by atoms with Gasteiger partial charge in [0, 0.05) is 5.56 Å². The number of methoxy groups -OCH3 is 2. The summed E-state index contributed by atoms with van der Waals surface area (Å²) in [6.07, 6.45) is 1.41. The Morgan fingerprint density at radius 2 is 1.79 bits per heavy atom. The van der Waals surface area contributed by atoms with Crippen LogP contribution < -0.4 is 19.6 Å². The summed E-state index contributed by atoms with van der Waals surface area (Å²) >= 11 is 3.52. The van der Waals surface area contributed by atoms with Gasteiger partial charge in [0.2, 0.25) is 5.75 Å². The van der Waals surface area contributed by atoms with Crippen LogP contribution in [0.4, 0.5) is 0 Å². The molecule has 3 aromatic rings. The molecule has 0 aromatic heterocycles. The van der Waals surface area contributed by atoms with E-state index in [1.807, 2.05) is 30.3 Å². The van der Waals surface area contributed by atoms with Crippen LogP contribution in [-0.4, -0.2) is 38.1 Å². The minimum absolute atomic E-state index is 0.106. The molecule has 0 aliphatic rings. The SMILES string of the molecule is COc1cc(/C=N/NC(=O)COc2ccc3ccccc3c2Br)cc(OC)c1O. The maximum atomic E-state index is 12.0. The molecule has 0 aliphatic carbocycles. The summed E-state index contributed by atoms with van der Waals surface area (Å²) in [5.74, 6) is 0.517. The van der Waals surface area contributed by atoms with E-state index < -0.39 is 5.91 Å². The Morgan fingerprint density at radius 1 is 1.10 bits per heavy atom. The van der Waals surface area contributed by atoms with E-state index in [1.165, 1.54) is 20.4 Å². The average Bonchev–Trinajstić information content (AvgIpc) is 2.74. The van der Waals surface area contributed by atoms with Crippen LogP contribution in [0.15, 0.2) is 58.1 Å². The minimum atomic E-state index is -0.418. The topological polar surface area (TPSA) is 89.4 Å². The molecule has 0 saturated heterocycles. The number of carbonyl (C=O) groups is 1. The van der Waals surface area contributed by atoms with Gasteiger partial charge in [-0.1, -0.05) is 30.3 Å². The summed E-state index contributed by atoms with van der Waals surface area (Å²) in [5.41, 5.74) is 2.97. The lowest BCUT2D eigenvalue weighted by Crippen LogP contribution is -2.24. The molecule has 0 unspecified atom stereocenters. The van der Waals surface area contributed by atoms with Gasteiger partial charge in [0.05, 0.1) is 24.9 Å². The van der Waals surface area contributed by atoms with Crippen molar-refractivity contribution in [1.82, 2.24) is 5.43 Å². The van der Waals surface area contributed by atoms with Gasteiger partial charge in [-0.25, -0.2) is 5.43 Å². The molecule has 7 nitrogen and oxygen atoms in total. The first kappa shape index (κ1) is 20.5. The molecule has 0 heterocycles. The van der Waals surface area contributed by atoms with Crippen molar-refractivity contribution in [2.45, 2.75) is 0 Å². The number of hydrazone groups is 1. The van der Waals surface area contributed by atoms with E-state index in [4.69, 9.17) is 14.2 Å². The zero-order valence-electron chi connectivity index (χ0n) is 15.8. The highest BCUT2D eigenvalue weighted by atomic mass is 79.9. The second-order valence-corrected chi connectivity index (χ2v) is 6.75. The van der Waals surface area contributed by atoms with Gasteiger partial charge in [-0.05, 0) is 44.9 Å². The molecule has 0 aliphatic heterocycles. The lowest BCUT2D eigenvalue weighted by molar-refractivity contribution is -0.123. The number of hydrogen-bond acceptors (Lipinski definition) is 6. The largest absolute Gasteiger partial charge is 0.502 e. The number of hydrogen-bond donors (Lipinski definition) is 2. The molecule has 0 bridgehead atoms. The molecule has 0 atom stereocenters. The Kier molecular flexibility index (Phi) is 6.56. The molecule has 3 aromatic carbocycles. The molecule has 1 amide bonds. The van der Waals surface area contributed by atoms with Crippen molar-refractivity contribution in [1.29, 1.82) is 0 Å². The fraction of sp³-hybridized carbons (Fsp3) is 0.143. The van der Waals surface area contributed by atoms with E-state index in [1.54, 1.807) is 18.2 Å². The molecule has 8 heteroatoms. The second-order valence-electron chi connectivity index (χ2n) is 5.95. The maximum Gasteiger partial charge on any atom is 0.277 e. The van der Waals surface area contributed by atoms with Crippen LogP contribution in [0.25, 0.3) is 10.8 Å². The normalized spacial score (nSPS) is 10.9. The highest BCUT2D eigenvalue weighted by Gasteiger charge is 2.11. The monoisotopic (exact) mass is 458 g/mol. The fourth-order valence-electron chi connectivity index (χ4n) is 2.67. The van der Waals surface area contributed by atoms with Gasteiger partial charge < -0.3 is 19.3 Å². The van der Waals surface area contributed by atoms with Crippen molar-refractivity contribution in [3.8, 4) is 23.0 Å². The minimum Gasteiger partial charge on any atom is -0.502 e. The van der Waals surface area contributed by atoms with Gasteiger partial charge in [0.25, 0.3) is 5.91 Å². The highest BCUT2D eigenvalue weighted by molar-refractivity contribution is 9.10. The lowest BCUT2D eigenvalue weighted by Gasteiger charge is -2.10. The molecular weight excluding hydrogens is 440 g/mol. The second kappa shape index (κ2) is 9.29. The van der Waals surface area contributed by atoms with E-state index in [-0.39, 0.29) is 23.9 Å². The predicted octanol–water partition coefficient (Wildman–Crippen LogP) is 3.85. The number of fused-ring (bicyclic) bond motifs is 1. The Bertz CT molecular complexity index is 1040. The van der Waals surface area contributed by atoms with Gasteiger partial charge in [-0.15, -0.1) is 0 Å². The smallest absolute Gasteiger partial charge is 0.277 e. The van der Waals surface area contributed by atoms with Crippen molar-refractivity contribution in [3.05, 3.63) is 58.6 Å². The van der Waals surface area contributed by atoms with Gasteiger partial charge in [-0.3, -0.25) is 4.79 Å². The van der Waals surface area contributed by atoms with Crippen LogP contribution in [0.2, 0.25) is 0 Å². The quantitative estimate of drug-likeness (QED) is 0.414. The number of halogens is 1. The molecular formula is C21H19BrN2O5. The van der Waals surface area contributed by atoms with Crippen molar-refractivity contribution >= 4 is 38.8 Å². The number of benzene rings is 3. The Morgan fingerprint density at radius 3 is 2.48 bits per heavy atom. The molecule has 3 rings (SSSR count). The highest BCUT2D eigenvalue weighted by Crippen LogP contribution is 2.36. The summed E-state index contributed by atoms with van der Waals surface area (Å²) in [6, 6.07) is 14.7. The van der Waals surface area contributed by atoms with Crippen molar-refractivity contribution in [2.24, 2.45) is 5.10 Å². The van der Waals surface area contributed by atoms with Crippen molar-refractivity contribution in [3.63, 3.8) is 0 Å². The number of amides is 1. The number of nitrogens with zero attached hydrogens (tertiary/aromatic N) is 1. The molecule has 0 radical (unpaired) electrons. The molecule has 0 fully saturated rings. The van der Waals surface area contributed by atoms with Crippen LogP contribution in [-0.2, 0) is 4.79 Å². The zero-order valence-corrected chi connectivity index (χ0v) is 17.4. The zero-order chi connectivity index (χ0) is 20.8. The molecule has 29 heavy (non-hydrogen) atoms. The van der Waals surface area contributed by atoms with Crippen LogP contribution in [0.1, 0.15) is 5.56 Å². The summed E-state index contributed by atoms with van der Waals surface area (Å²) in [4.78, 5) is 12.0. The lowest BCUT2D eigenvalue weighted by atomic mass is 10.1. The summed E-state index contributed by atoms with van der Waals surface area (Å²) in [5, 5.41) is 15.9. The number of nitrogens with one attached hydrogen (secondary N) is 1. The first-order valence-electron chi connectivity index (χ1n) is 8.60. The van der Waals surface area contributed by atoms with Crippen LogP contribution in [0.3, 0.4) is 0 Å². The summed E-state index contributed by atoms with van der Waals surface area (Å²) in [7, 11) is 2.86. The van der Waals surface area contributed by atoms with Gasteiger partial charge >= 0.3 is 0 Å². The van der Waals surface area contributed by atoms with E-state index in [0.29, 0.717) is 11.3 Å². The predicted molar refractivity (Wildman–Crippen MR) is 114 cm³/mol. The third-order valence-electron chi connectivity index (χ3n) is 4.09. The number of rotatable bonds is 7. The molecule has 150 valence electrons. The van der Waals surface area contributed by atoms with Crippen LogP contribution >= 0.6 is 15.9 Å². The van der Waals surface area contributed by atoms with E-state index in [2.05, 4.69) is 26.5 Å². The molecule has 0 spiro atoms. The third kappa shape index (κ3) is 4.78. The Hall–Kier alpha value is -3.26. The van der Waals surface area contributed by atoms with Crippen LogP contribution in [0, 0.1) is 0 Å². The molecule has 0 saturated carbocycles. The maximum absolute atomic E-state index is 12.0. The van der Waals surface area contributed by atoms with Gasteiger partial charge in [0.15, 0.2) is 18.1 Å². The third-order valence-corrected chi connectivity index (χ3v) is 4.91. The van der Waals surface area contributed by atoms with Crippen molar-refractivity contribution < 1.29 is 24.1 Å². The first-order valence-corrected chi connectivity index (χ1v) is 9.39.